The molecule has 6 heteroatoms. The minimum Gasteiger partial charge on any atom is -0.334 e. The fourth-order valence-corrected chi connectivity index (χ4v) is 3.66. The van der Waals surface area contributed by atoms with Crippen LogP contribution in [0.5, 0.6) is 0 Å². The summed E-state index contributed by atoms with van der Waals surface area (Å²) in [7, 11) is 0. The second kappa shape index (κ2) is 5.91. The Morgan fingerprint density at radius 2 is 2.10 bits per heavy atom. The maximum atomic E-state index is 12.7. The van der Waals surface area contributed by atoms with E-state index in [1.165, 1.54) is 25.7 Å². The monoisotopic (exact) mass is 277 g/mol. The first-order valence-corrected chi connectivity index (χ1v) is 7.71. The molecule has 110 valence electrons. The molecule has 0 radical (unpaired) electrons. The highest BCUT2D eigenvalue weighted by Crippen LogP contribution is 2.35. The Labute approximate surface area is 119 Å². The fourth-order valence-electron chi connectivity index (χ4n) is 3.66. The highest BCUT2D eigenvalue weighted by molar-refractivity contribution is 5.92. The Morgan fingerprint density at radius 3 is 2.95 bits per heavy atom. The minimum atomic E-state index is 0.0462. The number of piperidine rings is 1. The van der Waals surface area contributed by atoms with Gasteiger partial charge in [-0.3, -0.25) is 9.48 Å². The fraction of sp³-hybridized carbons (Fsp3) is 0.786. The molecule has 2 fully saturated rings. The molecule has 1 aliphatic carbocycles. The second-order valence-electron chi connectivity index (χ2n) is 5.91. The summed E-state index contributed by atoms with van der Waals surface area (Å²) >= 11 is 0. The van der Waals surface area contributed by atoms with Gasteiger partial charge >= 0.3 is 0 Å². The molecule has 6 nitrogen and oxygen atoms in total. The van der Waals surface area contributed by atoms with E-state index in [0.717, 1.165) is 19.4 Å². The maximum absolute atomic E-state index is 12.7. The van der Waals surface area contributed by atoms with Crippen molar-refractivity contribution in [2.45, 2.75) is 51.1 Å². The lowest BCUT2D eigenvalue weighted by Crippen LogP contribution is -2.49. The van der Waals surface area contributed by atoms with Crippen LogP contribution in [0.4, 0.5) is 0 Å². The molecule has 3 rings (SSSR count). The van der Waals surface area contributed by atoms with Crippen LogP contribution < -0.4 is 5.73 Å². The molecule has 1 saturated heterocycles. The first-order valence-electron chi connectivity index (χ1n) is 7.71. The van der Waals surface area contributed by atoms with E-state index < -0.39 is 0 Å². The first-order chi connectivity index (χ1) is 9.79. The van der Waals surface area contributed by atoms with E-state index in [9.17, 15) is 4.79 Å². The van der Waals surface area contributed by atoms with E-state index in [4.69, 9.17) is 5.73 Å². The van der Waals surface area contributed by atoms with Crippen molar-refractivity contribution in [3.05, 3.63) is 11.9 Å². The Hall–Kier alpha value is -1.43. The summed E-state index contributed by atoms with van der Waals surface area (Å²) in [5, 5.41) is 7.98. The molecule has 0 unspecified atom stereocenters. The zero-order valence-corrected chi connectivity index (χ0v) is 11.9. The molecule has 0 aromatic carbocycles. The van der Waals surface area contributed by atoms with E-state index in [1.54, 1.807) is 10.9 Å². The van der Waals surface area contributed by atoms with Gasteiger partial charge in [0.15, 0.2) is 5.69 Å². The van der Waals surface area contributed by atoms with Gasteiger partial charge in [0.1, 0.15) is 0 Å². The number of hydrogen-bond donors (Lipinski definition) is 1. The predicted molar refractivity (Wildman–Crippen MR) is 75.1 cm³/mol. The highest BCUT2D eigenvalue weighted by Gasteiger charge is 2.36. The number of fused-ring (bicyclic) bond motifs is 1. The van der Waals surface area contributed by atoms with Gasteiger partial charge in [-0.05, 0) is 31.6 Å². The van der Waals surface area contributed by atoms with E-state index in [0.29, 0.717) is 30.7 Å². The Morgan fingerprint density at radius 1 is 1.30 bits per heavy atom. The molecular weight excluding hydrogens is 254 g/mol. The van der Waals surface area contributed by atoms with Crippen LogP contribution in [0.3, 0.4) is 0 Å². The third-order valence-corrected chi connectivity index (χ3v) is 4.62. The molecule has 0 bridgehead atoms. The van der Waals surface area contributed by atoms with Crippen molar-refractivity contribution in [1.82, 2.24) is 19.9 Å². The Kier molecular flexibility index (Phi) is 4.00. The van der Waals surface area contributed by atoms with E-state index in [1.807, 2.05) is 4.90 Å². The van der Waals surface area contributed by atoms with Crippen LogP contribution in [0.2, 0.25) is 0 Å². The largest absolute Gasteiger partial charge is 0.334 e. The van der Waals surface area contributed by atoms with Gasteiger partial charge in [0, 0.05) is 19.1 Å². The maximum Gasteiger partial charge on any atom is 0.276 e. The molecule has 1 saturated carbocycles. The normalized spacial score (nSPS) is 26.4. The van der Waals surface area contributed by atoms with Gasteiger partial charge < -0.3 is 10.6 Å². The molecule has 2 heterocycles. The summed E-state index contributed by atoms with van der Waals surface area (Å²) in [6, 6.07) is 0.421. The van der Waals surface area contributed by atoms with Gasteiger partial charge in [-0.25, -0.2) is 0 Å². The molecule has 1 aliphatic heterocycles. The molecule has 1 aromatic rings. The van der Waals surface area contributed by atoms with Gasteiger partial charge in [-0.15, -0.1) is 5.10 Å². The molecule has 2 aliphatic rings. The van der Waals surface area contributed by atoms with Gasteiger partial charge in [0.05, 0.1) is 12.7 Å². The third-order valence-electron chi connectivity index (χ3n) is 4.62. The van der Waals surface area contributed by atoms with Gasteiger partial charge in [-0.1, -0.05) is 18.1 Å². The van der Waals surface area contributed by atoms with Crippen LogP contribution >= 0.6 is 0 Å². The smallest absolute Gasteiger partial charge is 0.276 e. The van der Waals surface area contributed by atoms with E-state index in [-0.39, 0.29) is 5.91 Å². The predicted octanol–water partition coefficient (Wildman–Crippen LogP) is 1.03. The third kappa shape index (κ3) is 2.57. The van der Waals surface area contributed by atoms with Crippen LogP contribution in [-0.2, 0) is 6.54 Å². The summed E-state index contributed by atoms with van der Waals surface area (Å²) in [4.78, 5) is 14.7. The number of rotatable bonds is 3. The molecule has 2 atom stereocenters. The first kappa shape index (κ1) is 13.5. The summed E-state index contributed by atoms with van der Waals surface area (Å²) in [6.45, 7) is 1.97. The lowest BCUT2D eigenvalue weighted by Gasteiger charge is -2.43. The number of hydrogen-bond acceptors (Lipinski definition) is 4. The topological polar surface area (TPSA) is 77.0 Å². The van der Waals surface area contributed by atoms with Gasteiger partial charge in [0.25, 0.3) is 5.91 Å². The summed E-state index contributed by atoms with van der Waals surface area (Å²) in [6.07, 6.45) is 9.09. The van der Waals surface area contributed by atoms with Crippen LogP contribution in [0.1, 0.15) is 49.0 Å². The summed E-state index contributed by atoms with van der Waals surface area (Å²) in [5.74, 6) is 0.741. The number of carbonyl (C=O) groups is 1. The number of carbonyl (C=O) groups excluding carboxylic acids is 1. The van der Waals surface area contributed by atoms with Crippen molar-refractivity contribution < 1.29 is 4.79 Å². The number of nitrogens with zero attached hydrogens (tertiary/aromatic N) is 4. The summed E-state index contributed by atoms with van der Waals surface area (Å²) in [5.41, 5.74) is 5.95. The number of amides is 1. The minimum absolute atomic E-state index is 0.0462. The van der Waals surface area contributed by atoms with Gasteiger partial charge in [0.2, 0.25) is 0 Å². The van der Waals surface area contributed by atoms with Crippen LogP contribution in [-0.4, -0.2) is 44.9 Å². The van der Waals surface area contributed by atoms with Crippen molar-refractivity contribution in [3.63, 3.8) is 0 Å². The van der Waals surface area contributed by atoms with E-state index in [2.05, 4.69) is 10.3 Å². The van der Waals surface area contributed by atoms with Crippen LogP contribution in [0.15, 0.2) is 6.20 Å². The molecule has 2 N–H and O–H groups in total. The van der Waals surface area contributed by atoms with Crippen LogP contribution in [0, 0.1) is 5.92 Å². The molecule has 0 spiro atoms. The molecule has 1 aromatic heterocycles. The SMILES string of the molecule is NCCn1cc(C(=O)N2CCC[C@H]3CCCC[C@H]32)nn1. The number of likely N-dealkylation sites (tertiary alicyclic amines) is 1. The van der Waals surface area contributed by atoms with Gasteiger partial charge in [-0.2, -0.15) is 0 Å². The number of aromatic nitrogens is 3. The van der Waals surface area contributed by atoms with Crippen molar-refractivity contribution >= 4 is 5.91 Å². The Bertz CT molecular complexity index is 470. The zero-order valence-electron chi connectivity index (χ0n) is 11.9. The average Bonchev–Trinajstić information content (AvgIpc) is 2.95. The standard InChI is InChI=1S/C14H23N5O/c15-7-9-18-10-12(16-17-18)14(20)19-8-3-5-11-4-1-2-6-13(11)19/h10-11,13H,1-9,15H2/t11-,13-/m1/s1. The van der Waals surface area contributed by atoms with Crippen molar-refractivity contribution in [2.75, 3.05) is 13.1 Å². The number of nitrogens with two attached hydrogens (primary N) is 1. The van der Waals surface area contributed by atoms with Crippen molar-refractivity contribution in [1.29, 1.82) is 0 Å². The molecule has 1 amide bonds. The average molecular weight is 277 g/mol. The summed E-state index contributed by atoms with van der Waals surface area (Å²) < 4.78 is 1.65. The Balaban J connectivity index is 1.74. The molecular formula is C14H23N5O. The van der Waals surface area contributed by atoms with E-state index >= 15 is 0 Å². The quantitative estimate of drug-likeness (QED) is 0.895. The second-order valence-corrected chi connectivity index (χ2v) is 5.91. The van der Waals surface area contributed by atoms with Crippen LogP contribution in [0.25, 0.3) is 0 Å². The highest BCUT2D eigenvalue weighted by atomic mass is 16.2. The zero-order chi connectivity index (χ0) is 13.9. The van der Waals surface area contributed by atoms with Crippen molar-refractivity contribution in [2.24, 2.45) is 11.7 Å². The van der Waals surface area contributed by atoms with Crippen molar-refractivity contribution in [3.8, 4) is 0 Å². The lowest BCUT2D eigenvalue weighted by molar-refractivity contribution is 0.0385. The lowest BCUT2D eigenvalue weighted by atomic mass is 9.78. The molecule has 20 heavy (non-hydrogen) atoms.